The Morgan fingerprint density at radius 2 is 0.889 bits per heavy atom. The Morgan fingerprint density at radius 1 is 0.356 bits per heavy atom. The Bertz CT molecular complexity index is 2970. The molecule has 0 saturated carbocycles. The van der Waals surface area contributed by atoms with Gasteiger partial charge < -0.3 is 9.13 Å². The first-order valence-corrected chi connectivity index (χ1v) is 16.3. The molecule has 2 nitrogen and oxygen atoms in total. The molecule has 0 aliphatic carbocycles. The summed E-state index contributed by atoms with van der Waals surface area (Å²) in [7, 11) is 0. The first-order chi connectivity index (χ1) is 22.4. The van der Waals surface area contributed by atoms with Crippen LogP contribution in [0.15, 0.2) is 146 Å². The number of aromatic nitrogens is 2. The van der Waals surface area contributed by atoms with Crippen LogP contribution in [0.4, 0.5) is 0 Å². The highest BCUT2D eigenvalue weighted by molar-refractivity contribution is 7.26. The largest absolute Gasteiger partial charge is 0.307 e. The van der Waals surface area contributed by atoms with E-state index in [0.29, 0.717) is 0 Å². The van der Waals surface area contributed by atoms with Gasteiger partial charge in [0.2, 0.25) is 0 Å². The van der Waals surface area contributed by atoms with Crippen molar-refractivity contribution in [3.8, 4) is 11.4 Å². The second-order valence-electron chi connectivity index (χ2n) is 12.1. The van der Waals surface area contributed by atoms with Gasteiger partial charge in [0.15, 0.2) is 0 Å². The molecule has 0 fully saturated rings. The molecule has 0 atom stereocenters. The minimum Gasteiger partial charge on any atom is -0.307 e. The summed E-state index contributed by atoms with van der Waals surface area (Å²) < 4.78 is 7.71. The highest BCUT2D eigenvalue weighted by Crippen LogP contribution is 2.49. The quantitative estimate of drug-likeness (QED) is 0.178. The molecule has 45 heavy (non-hydrogen) atoms. The second-order valence-corrected chi connectivity index (χ2v) is 13.1. The molecule has 0 spiro atoms. The highest BCUT2D eigenvalue weighted by Gasteiger charge is 2.24. The molecule has 0 aliphatic heterocycles. The van der Waals surface area contributed by atoms with E-state index in [2.05, 4.69) is 155 Å². The molecule has 0 saturated heterocycles. The van der Waals surface area contributed by atoms with Crippen molar-refractivity contribution in [1.29, 1.82) is 0 Å². The smallest absolute Gasteiger partial charge is 0.0789 e. The SMILES string of the molecule is c1ccc(-n2c3ccccc3c3ccc4c5ccccc5n(-c5ccc6c7ccccc7c7cccc8sc5c6c87)c4c32)cc1. The lowest BCUT2D eigenvalue weighted by Gasteiger charge is -2.15. The molecule has 0 unspecified atom stereocenters. The molecule has 3 heterocycles. The van der Waals surface area contributed by atoms with E-state index in [1.54, 1.807) is 0 Å². The van der Waals surface area contributed by atoms with Crippen LogP contribution in [0, 0.1) is 0 Å². The fraction of sp³-hybridized carbons (Fsp3) is 0. The van der Waals surface area contributed by atoms with Crippen molar-refractivity contribution in [2.75, 3.05) is 0 Å². The molecule has 0 aliphatic rings. The van der Waals surface area contributed by atoms with Gasteiger partial charge in [-0.25, -0.2) is 0 Å². The van der Waals surface area contributed by atoms with E-state index in [1.165, 1.54) is 96.7 Å². The van der Waals surface area contributed by atoms with Crippen molar-refractivity contribution in [2.45, 2.75) is 0 Å². The first-order valence-electron chi connectivity index (χ1n) is 15.5. The summed E-state index contributed by atoms with van der Waals surface area (Å²) in [5.74, 6) is 0. The molecule has 0 radical (unpaired) electrons. The van der Waals surface area contributed by atoms with E-state index < -0.39 is 0 Å². The van der Waals surface area contributed by atoms with Gasteiger partial charge in [-0.2, -0.15) is 0 Å². The molecule has 11 rings (SSSR count). The number of nitrogens with zero attached hydrogens (tertiary/aromatic N) is 2. The zero-order valence-corrected chi connectivity index (χ0v) is 25.0. The van der Waals surface area contributed by atoms with Crippen LogP contribution < -0.4 is 0 Å². The number of benzene rings is 8. The minimum absolute atomic E-state index is 1.17. The van der Waals surface area contributed by atoms with E-state index >= 15 is 0 Å². The van der Waals surface area contributed by atoms with Crippen LogP contribution in [-0.4, -0.2) is 9.13 Å². The monoisotopic (exact) mass is 588 g/mol. The van der Waals surface area contributed by atoms with Gasteiger partial charge >= 0.3 is 0 Å². The van der Waals surface area contributed by atoms with Gasteiger partial charge in [-0.15, -0.1) is 11.3 Å². The molecule has 0 amide bonds. The molecule has 3 aromatic heterocycles. The van der Waals surface area contributed by atoms with Crippen LogP contribution in [0.2, 0.25) is 0 Å². The van der Waals surface area contributed by atoms with Crippen molar-refractivity contribution in [1.82, 2.24) is 9.13 Å². The van der Waals surface area contributed by atoms with Gasteiger partial charge in [0.25, 0.3) is 0 Å². The van der Waals surface area contributed by atoms with Crippen LogP contribution in [0.1, 0.15) is 0 Å². The summed E-state index contributed by atoms with van der Waals surface area (Å²) >= 11 is 1.93. The first kappa shape index (κ1) is 23.8. The number of fused-ring (bicyclic) bond motifs is 10. The molecular weight excluding hydrogens is 565 g/mol. The summed E-state index contributed by atoms with van der Waals surface area (Å²) in [5.41, 5.74) is 7.36. The third-order valence-corrected chi connectivity index (χ3v) is 11.0. The van der Waals surface area contributed by atoms with Gasteiger partial charge in [0.1, 0.15) is 0 Å². The fourth-order valence-corrected chi connectivity index (χ4v) is 9.34. The van der Waals surface area contributed by atoms with Gasteiger partial charge in [-0.3, -0.25) is 0 Å². The normalized spacial score (nSPS) is 12.4. The maximum atomic E-state index is 2.56. The van der Waals surface area contributed by atoms with Crippen molar-refractivity contribution in [3.05, 3.63) is 146 Å². The van der Waals surface area contributed by atoms with Crippen LogP contribution in [0.5, 0.6) is 0 Å². The molecule has 208 valence electrons. The third kappa shape index (κ3) is 2.94. The van der Waals surface area contributed by atoms with E-state index in [9.17, 15) is 0 Å². The lowest BCUT2D eigenvalue weighted by molar-refractivity contribution is 1.16. The molecule has 8 aromatic carbocycles. The minimum atomic E-state index is 1.17. The van der Waals surface area contributed by atoms with Gasteiger partial charge in [0.05, 0.1) is 32.5 Å². The summed E-state index contributed by atoms with van der Waals surface area (Å²) in [4.78, 5) is 0. The maximum absolute atomic E-state index is 2.56. The van der Waals surface area contributed by atoms with Crippen molar-refractivity contribution >= 4 is 96.7 Å². The fourth-order valence-electron chi connectivity index (χ4n) is 8.08. The number of para-hydroxylation sites is 3. The summed E-state index contributed by atoms with van der Waals surface area (Å²) in [5, 5.41) is 13.2. The van der Waals surface area contributed by atoms with Crippen LogP contribution in [-0.2, 0) is 0 Å². The van der Waals surface area contributed by atoms with Gasteiger partial charge in [-0.05, 0) is 57.9 Å². The standard InChI is InChI=1S/C42H24N2S/c1-2-11-25(12-3-1)43-34-18-8-6-15-28(34)32-21-22-33-29-16-7-9-19-35(29)44(41(33)40(32)43)36-24-23-31-27-14-5-4-13-26(27)30-17-10-20-37-38(30)39(31)42(36)45-37/h1-24H. The predicted molar refractivity (Wildman–Crippen MR) is 194 cm³/mol. The lowest BCUT2D eigenvalue weighted by Crippen LogP contribution is -1.99. The third-order valence-electron chi connectivity index (χ3n) is 9.86. The van der Waals surface area contributed by atoms with Crippen molar-refractivity contribution < 1.29 is 0 Å². The topological polar surface area (TPSA) is 9.86 Å². The lowest BCUT2D eigenvalue weighted by atomic mass is 9.94. The Labute approximate surface area is 261 Å². The van der Waals surface area contributed by atoms with Crippen LogP contribution in [0.25, 0.3) is 96.7 Å². The van der Waals surface area contributed by atoms with Crippen LogP contribution >= 0.6 is 11.3 Å². The average Bonchev–Trinajstić information content (AvgIpc) is 3.77. The van der Waals surface area contributed by atoms with Crippen molar-refractivity contribution in [2.24, 2.45) is 0 Å². The van der Waals surface area contributed by atoms with Crippen LogP contribution in [0.3, 0.4) is 0 Å². The number of hydrogen-bond donors (Lipinski definition) is 0. The molecule has 0 N–H and O–H groups in total. The maximum Gasteiger partial charge on any atom is 0.0789 e. The average molecular weight is 589 g/mol. The Balaban J connectivity index is 1.40. The second kappa shape index (κ2) is 8.50. The van der Waals surface area contributed by atoms with E-state index in [1.807, 2.05) is 11.3 Å². The highest BCUT2D eigenvalue weighted by atomic mass is 32.1. The van der Waals surface area contributed by atoms with E-state index in [-0.39, 0.29) is 0 Å². The number of rotatable bonds is 2. The zero-order chi connectivity index (χ0) is 29.2. The molecule has 0 bridgehead atoms. The number of hydrogen-bond acceptors (Lipinski definition) is 1. The zero-order valence-electron chi connectivity index (χ0n) is 24.2. The Hall–Kier alpha value is -5.64. The number of thiophene rings is 1. The van der Waals surface area contributed by atoms with E-state index in [0.717, 1.165) is 0 Å². The Morgan fingerprint density at radius 3 is 1.60 bits per heavy atom. The van der Waals surface area contributed by atoms with Gasteiger partial charge in [-0.1, -0.05) is 109 Å². The predicted octanol–water partition coefficient (Wildman–Crippen LogP) is 12.0. The molecular formula is C42H24N2S. The van der Waals surface area contributed by atoms with Gasteiger partial charge in [0, 0.05) is 42.7 Å². The summed E-state index contributed by atoms with van der Waals surface area (Å²) in [6.07, 6.45) is 0. The molecule has 11 aromatic rings. The van der Waals surface area contributed by atoms with E-state index in [4.69, 9.17) is 0 Å². The Kier molecular flexibility index (Phi) is 4.49. The van der Waals surface area contributed by atoms with Crippen molar-refractivity contribution in [3.63, 3.8) is 0 Å². The summed E-state index contributed by atoms with van der Waals surface area (Å²) in [6, 6.07) is 53.7. The summed E-state index contributed by atoms with van der Waals surface area (Å²) in [6.45, 7) is 0. The molecule has 3 heteroatoms.